The van der Waals surface area contributed by atoms with Crippen molar-refractivity contribution in [1.29, 1.82) is 0 Å². The van der Waals surface area contributed by atoms with Crippen molar-refractivity contribution < 1.29 is 9.90 Å². The van der Waals surface area contributed by atoms with E-state index in [1.165, 1.54) is 5.56 Å². The fourth-order valence-electron chi connectivity index (χ4n) is 3.37. The van der Waals surface area contributed by atoms with Crippen LogP contribution in [0.4, 0.5) is 0 Å². The van der Waals surface area contributed by atoms with Crippen molar-refractivity contribution >= 4 is 5.91 Å². The van der Waals surface area contributed by atoms with Crippen LogP contribution < -0.4 is 0 Å². The maximum Gasteiger partial charge on any atom is 0.226 e. The van der Waals surface area contributed by atoms with Gasteiger partial charge in [-0.25, -0.2) is 0 Å². The predicted octanol–water partition coefficient (Wildman–Crippen LogP) is 2.41. The second-order valence-corrected chi connectivity index (χ2v) is 6.29. The molecule has 2 aliphatic rings. The number of aliphatic hydroxyl groups excluding tert-OH is 1. The SMILES string of the molecule is CC(O)C1CCCN(C(=O)C2CC2c2ccccc2)C1. The Morgan fingerprint density at radius 2 is 2.10 bits per heavy atom. The summed E-state index contributed by atoms with van der Waals surface area (Å²) in [6.45, 7) is 3.43. The lowest BCUT2D eigenvalue weighted by Gasteiger charge is -2.34. The Bertz CT molecular complexity index is 471. The molecule has 3 nitrogen and oxygen atoms in total. The predicted molar refractivity (Wildman–Crippen MR) is 78.3 cm³/mol. The molecule has 1 aromatic carbocycles. The summed E-state index contributed by atoms with van der Waals surface area (Å²) in [5, 5.41) is 9.72. The highest BCUT2D eigenvalue weighted by atomic mass is 16.3. The van der Waals surface area contributed by atoms with Crippen molar-refractivity contribution in [2.75, 3.05) is 13.1 Å². The van der Waals surface area contributed by atoms with E-state index in [0.717, 1.165) is 32.4 Å². The largest absolute Gasteiger partial charge is 0.393 e. The molecule has 3 heteroatoms. The van der Waals surface area contributed by atoms with E-state index in [4.69, 9.17) is 0 Å². The van der Waals surface area contributed by atoms with Gasteiger partial charge < -0.3 is 10.0 Å². The fourth-order valence-corrected chi connectivity index (χ4v) is 3.37. The van der Waals surface area contributed by atoms with Gasteiger partial charge in [0.2, 0.25) is 5.91 Å². The molecule has 1 N–H and O–H groups in total. The molecule has 1 saturated heterocycles. The molecule has 1 aliphatic carbocycles. The summed E-state index contributed by atoms with van der Waals surface area (Å²) in [4.78, 5) is 14.5. The number of piperidine rings is 1. The number of amides is 1. The Hall–Kier alpha value is -1.35. The van der Waals surface area contributed by atoms with Crippen LogP contribution in [-0.4, -0.2) is 35.1 Å². The lowest BCUT2D eigenvalue weighted by atomic mass is 9.93. The van der Waals surface area contributed by atoms with Crippen molar-refractivity contribution in [3.05, 3.63) is 35.9 Å². The van der Waals surface area contributed by atoms with Gasteiger partial charge >= 0.3 is 0 Å². The number of carbonyl (C=O) groups excluding carboxylic acids is 1. The molecule has 4 atom stereocenters. The zero-order valence-corrected chi connectivity index (χ0v) is 12.0. The van der Waals surface area contributed by atoms with Crippen molar-refractivity contribution in [3.8, 4) is 0 Å². The number of benzene rings is 1. The van der Waals surface area contributed by atoms with Crippen LogP contribution in [0.3, 0.4) is 0 Å². The number of rotatable bonds is 3. The first-order chi connectivity index (χ1) is 9.66. The number of hydrogen-bond acceptors (Lipinski definition) is 2. The highest BCUT2D eigenvalue weighted by Crippen LogP contribution is 2.48. The van der Waals surface area contributed by atoms with Gasteiger partial charge in [-0.3, -0.25) is 4.79 Å². The number of carbonyl (C=O) groups is 1. The molecule has 1 aromatic rings. The zero-order valence-electron chi connectivity index (χ0n) is 12.0. The lowest BCUT2D eigenvalue weighted by Crippen LogP contribution is -2.43. The van der Waals surface area contributed by atoms with Crippen molar-refractivity contribution in [1.82, 2.24) is 4.90 Å². The van der Waals surface area contributed by atoms with E-state index >= 15 is 0 Å². The molecule has 0 spiro atoms. The third-order valence-corrected chi connectivity index (χ3v) is 4.79. The zero-order chi connectivity index (χ0) is 14.1. The van der Waals surface area contributed by atoms with Gasteiger partial charge in [0.05, 0.1) is 6.10 Å². The first-order valence-electron chi connectivity index (χ1n) is 7.68. The summed E-state index contributed by atoms with van der Waals surface area (Å²) in [5.41, 5.74) is 1.29. The van der Waals surface area contributed by atoms with Crippen molar-refractivity contribution in [2.45, 2.75) is 38.2 Å². The van der Waals surface area contributed by atoms with Crippen molar-refractivity contribution in [2.24, 2.45) is 11.8 Å². The van der Waals surface area contributed by atoms with Gasteiger partial charge in [-0.05, 0) is 37.7 Å². The summed E-state index contributed by atoms with van der Waals surface area (Å²) in [5.74, 6) is 1.13. The van der Waals surface area contributed by atoms with Gasteiger partial charge in [0.25, 0.3) is 0 Å². The van der Waals surface area contributed by atoms with Crippen LogP contribution in [0.25, 0.3) is 0 Å². The van der Waals surface area contributed by atoms with Crippen LogP contribution in [0.15, 0.2) is 30.3 Å². The van der Waals surface area contributed by atoms with E-state index in [1.807, 2.05) is 30.0 Å². The highest BCUT2D eigenvalue weighted by molar-refractivity contribution is 5.83. The average Bonchev–Trinajstić information content (AvgIpc) is 3.28. The third kappa shape index (κ3) is 2.73. The molecule has 4 unspecified atom stereocenters. The van der Waals surface area contributed by atoms with Crippen LogP contribution >= 0.6 is 0 Å². The monoisotopic (exact) mass is 273 g/mol. The van der Waals surface area contributed by atoms with Gasteiger partial charge in [0.15, 0.2) is 0 Å². The molecule has 0 aromatic heterocycles. The summed E-state index contributed by atoms with van der Waals surface area (Å²) in [6, 6.07) is 10.3. The molecule has 0 radical (unpaired) electrons. The van der Waals surface area contributed by atoms with Gasteiger partial charge in [0.1, 0.15) is 0 Å². The Morgan fingerprint density at radius 3 is 2.80 bits per heavy atom. The first-order valence-corrected chi connectivity index (χ1v) is 7.68. The van der Waals surface area contributed by atoms with Crippen LogP contribution in [0.1, 0.15) is 37.7 Å². The second kappa shape index (κ2) is 5.57. The molecule has 1 amide bonds. The maximum atomic E-state index is 12.6. The minimum absolute atomic E-state index is 0.171. The molecule has 0 bridgehead atoms. The fraction of sp³-hybridized carbons (Fsp3) is 0.588. The van der Waals surface area contributed by atoms with Gasteiger partial charge in [-0.15, -0.1) is 0 Å². The third-order valence-electron chi connectivity index (χ3n) is 4.79. The normalized spacial score (nSPS) is 30.9. The van der Waals surface area contributed by atoms with E-state index in [2.05, 4.69) is 12.1 Å². The summed E-state index contributed by atoms with van der Waals surface area (Å²) < 4.78 is 0. The van der Waals surface area contributed by atoms with Crippen LogP contribution in [-0.2, 0) is 4.79 Å². The quantitative estimate of drug-likeness (QED) is 0.918. The second-order valence-electron chi connectivity index (χ2n) is 6.29. The number of hydrogen-bond donors (Lipinski definition) is 1. The van der Waals surface area contributed by atoms with Crippen molar-refractivity contribution in [3.63, 3.8) is 0 Å². The Balaban J connectivity index is 1.60. The molecule has 3 rings (SSSR count). The molecular formula is C17H23NO2. The molecule has 2 fully saturated rings. The summed E-state index contributed by atoms with van der Waals surface area (Å²) in [6.07, 6.45) is 2.73. The standard InChI is InChI=1S/C17H23NO2/c1-12(19)14-8-5-9-18(11-14)17(20)16-10-15(16)13-6-3-2-4-7-13/h2-4,6-7,12,14-16,19H,5,8-11H2,1H3. The van der Waals surface area contributed by atoms with Gasteiger partial charge in [-0.2, -0.15) is 0 Å². The molecule has 1 heterocycles. The maximum absolute atomic E-state index is 12.6. The first kappa shape index (κ1) is 13.6. The minimum Gasteiger partial charge on any atom is -0.393 e. The summed E-state index contributed by atoms with van der Waals surface area (Å²) >= 11 is 0. The van der Waals surface area contributed by atoms with E-state index in [1.54, 1.807) is 0 Å². The number of nitrogens with zero attached hydrogens (tertiary/aromatic N) is 1. The molecule has 1 aliphatic heterocycles. The lowest BCUT2D eigenvalue weighted by molar-refractivity contribution is -0.135. The van der Waals surface area contributed by atoms with Crippen LogP contribution in [0, 0.1) is 11.8 Å². The molecule has 20 heavy (non-hydrogen) atoms. The van der Waals surface area contributed by atoms with E-state index in [-0.39, 0.29) is 17.9 Å². The molecule has 1 saturated carbocycles. The van der Waals surface area contributed by atoms with Crippen LogP contribution in [0.2, 0.25) is 0 Å². The number of aliphatic hydroxyl groups is 1. The van der Waals surface area contributed by atoms with Crippen LogP contribution in [0.5, 0.6) is 0 Å². The number of likely N-dealkylation sites (tertiary alicyclic amines) is 1. The summed E-state index contributed by atoms with van der Waals surface area (Å²) in [7, 11) is 0. The highest BCUT2D eigenvalue weighted by Gasteiger charge is 2.46. The van der Waals surface area contributed by atoms with E-state index in [9.17, 15) is 9.90 Å². The van der Waals surface area contributed by atoms with Gasteiger partial charge in [-0.1, -0.05) is 30.3 Å². The smallest absolute Gasteiger partial charge is 0.226 e. The molecular weight excluding hydrogens is 250 g/mol. The Kier molecular flexibility index (Phi) is 3.79. The molecule has 108 valence electrons. The Morgan fingerprint density at radius 1 is 1.35 bits per heavy atom. The average molecular weight is 273 g/mol. The van der Waals surface area contributed by atoms with E-state index in [0.29, 0.717) is 11.8 Å². The van der Waals surface area contributed by atoms with E-state index < -0.39 is 0 Å². The minimum atomic E-state index is -0.310. The topological polar surface area (TPSA) is 40.5 Å². The Labute approximate surface area is 120 Å². The van der Waals surface area contributed by atoms with Gasteiger partial charge in [0, 0.05) is 24.9 Å².